The van der Waals surface area contributed by atoms with Gasteiger partial charge in [0.05, 0.1) is 15.6 Å². The van der Waals surface area contributed by atoms with Crippen LogP contribution in [-0.4, -0.2) is 16.1 Å². The maximum Gasteiger partial charge on any atom is 0.336 e. The Kier molecular flexibility index (Phi) is 3.69. The zero-order valence-corrected chi connectivity index (χ0v) is 13.2. The number of nitrogens with zero attached hydrogens (tertiary/aromatic N) is 1. The number of carbonyl (C=O) groups is 1. The van der Waals surface area contributed by atoms with Crippen LogP contribution in [0.2, 0.25) is 0 Å². The van der Waals surface area contributed by atoms with Gasteiger partial charge in [0.1, 0.15) is 5.82 Å². The van der Waals surface area contributed by atoms with E-state index >= 15 is 0 Å². The van der Waals surface area contributed by atoms with Crippen LogP contribution in [0.15, 0.2) is 16.6 Å². The van der Waals surface area contributed by atoms with E-state index in [1.165, 1.54) is 12.1 Å². The summed E-state index contributed by atoms with van der Waals surface area (Å²) in [6.45, 7) is 2.12. The van der Waals surface area contributed by atoms with Gasteiger partial charge in [-0.3, -0.25) is 4.98 Å². The van der Waals surface area contributed by atoms with E-state index in [-0.39, 0.29) is 10.0 Å². The molecule has 0 amide bonds. The molecular weight excluding hydrogens is 337 g/mol. The summed E-state index contributed by atoms with van der Waals surface area (Å²) in [5, 5.41) is 10.1. The molecule has 0 radical (unpaired) electrons. The van der Waals surface area contributed by atoms with E-state index in [4.69, 9.17) is 0 Å². The van der Waals surface area contributed by atoms with Crippen molar-refractivity contribution >= 4 is 32.8 Å². The minimum absolute atomic E-state index is 0.266. The smallest absolute Gasteiger partial charge is 0.336 e. The van der Waals surface area contributed by atoms with E-state index in [1.54, 1.807) is 0 Å². The monoisotopic (exact) mass is 351 g/mol. The highest BCUT2D eigenvalue weighted by Crippen LogP contribution is 2.34. The predicted molar refractivity (Wildman–Crippen MR) is 82.2 cm³/mol. The highest BCUT2D eigenvalue weighted by Gasteiger charge is 2.26. The average Bonchev–Trinajstić information content (AvgIpc) is 2.45. The number of pyridine rings is 1. The number of aryl methyl sites for hydroxylation is 1. The molecule has 0 spiro atoms. The van der Waals surface area contributed by atoms with Gasteiger partial charge in [-0.25, -0.2) is 9.18 Å². The Balaban J connectivity index is 2.32. The summed E-state index contributed by atoms with van der Waals surface area (Å²) in [6, 6.07) is 2.83. The van der Waals surface area contributed by atoms with Gasteiger partial charge in [0.25, 0.3) is 0 Å². The molecule has 1 heterocycles. The third kappa shape index (κ3) is 2.44. The molecule has 0 saturated carbocycles. The van der Waals surface area contributed by atoms with Crippen molar-refractivity contribution in [2.45, 2.75) is 32.6 Å². The number of aromatic nitrogens is 1. The Morgan fingerprint density at radius 3 is 2.95 bits per heavy atom. The summed E-state index contributed by atoms with van der Waals surface area (Å²) in [5.74, 6) is -0.888. The second kappa shape index (κ2) is 5.37. The van der Waals surface area contributed by atoms with Crippen LogP contribution in [0.1, 0.15) is 41.4 Å². The highest BCUT2D eigenvalue weighted by molar-refractivity contribution is 9.10. The van der Waals surface area contributed by atoms with Crippen LogP contribution >= 0.6 is 15.9 Å². The number of carboxylic acids is 1. The third-order valence-corrected chi connectivity index (χ3v) is 4.89. The SMILES string of the molecule is CCC1CCc2nc3cc(F)c(Br)cc3c(C(=O)O)c2C1. The predicted octanol–water partition coefficient (Wildman–Crippen LogP) is 4.35. The lowest BCUT2D eigenvalue weighted by atomic mass is 9.82. The number of hydrogen-bond donors (Lipinski definition) is 1. The van der Waals surface area contributed by atoms with Crippen LogP contribution in [0.3, 0.4) is 0 Å². The maximum absolute atomic E-state index is 13.7. The normalized spacial score (nSPS) is 17.8. The summed E-state index contributed by atoms with van der Waals surface area (Å²) in [4.78, 5) is 16.2. The molecule has 0 aliphatic heterocycles. The van der Waals surface area contributed by atoms with Crippen molar-refractivity contribution in [2.75, 3.05) is 0 Å². The van der Waals surface area contributed by atoms with Gasteiger partial charge in [-0.2, -0.15) is 0 Å². The molecule has 3 rings (SSSR count). The van der Waals surface area contributed by atoms with Crippen molar-refractivity contribution in [1.29, 1.82) is 0 Å². The zero-order chi connectivity index (χ0) is 15.1. The fourth-order valence-corrected chi connectivity index (χ4v) is 3.44. The fraction of sp³-hybridized carbons (Fsp3) is 0.375. The molecule has 0 saturated heterocycles. The number of carboxylic acid groups (broad SMARTS) is 1. The summed E-state index contributed by atoms with van der Waals surface area (Å²) < 4.78 is 14.0. The van der Waals surface area contributed by atoms with Crippen LogP contribution in [0, 0.1) is 11.7 Å². The Morgan fingerprint density at radius 1 is 1.52 bits per heavy atom. The lowest BCUT2D eigenvalue weighted by Gasteiger charge is -2.25. The van der Waals surface area contributed by atoms with Gasteiger partial charge in [-0.15, -0.1) is 0 Å². The number of benzene rings is 1. The fourth-order valence-electron chi connectivity index (χ4n) is 3.10. The summed E-state index contributed by atoms with van der Waals surface area (Å²) in [5.41, 5.74) is 2.34. The maximum atomic E-state index is 13.7. The molecule has 1 aromatic carbocycles. The first-order chi connectivity index (χ1) is 10.0. The van der Waals surface area contributed by atoms with Crippen LogP contribution in [0.25, 0.3) is 10.9 Å². The Hall–Kier alpha value is -1.49. The quantitative estimate of drug-likeness (QED) is 0.874. The molecule has 1 N–H and O–H groups in total. The molecule has 2 aromatic rings. The van der Waals surface area contributed by atoms with Crippen molar-refractivity contribution in [2.24, 2.45) is 5.92 Å². The molecule has 1 aliphatic rings. The molecule has 1 aromatic heterocycles. The number of fused-ring (bicyclic) bond motifs is 2. The largest absolute Gasteiger partial charge is 0.478 e. The van der Waals surface area contributed by atoms with Crippen molar-refractivity contribution in [3.8, 4) is 0 Å². The van der Waals surface area contributed by atoms with Crippen LogP contribution in [0.4, 0.5) is 4.39 Å². The van der Waals surface area contributed by atoms with Gasteiger partial charge in [-0.05, 0) is 52.7 Å². The Labute approximate surface area is 130 Å². The highest BCUT2D eigenvalue weighted by atomic mass is 79.9. The van der Waals surface area contributed by atoms with E-state index in [9.17, 15) is 14.3 Å². The van der Waals surface area contributed by atoms with Crippen LogP contribution < -0.4 is 0 Å². The molecule has 110 valence electrons. The van der Waals surface area contributed by atoms with Crippen LogP contribution in [-0.2, 0) is 12.8 Å². The lowest BCUT2D eigenvalue weighted by Crippen LogP contribution is -2.19. The van der Waals surface area contributed by atoms with Gasteiger partial charge in [0.15, 0.2) is 0 Å². The summed E-state index contributed by atoms with van der Waals surface area (Å²) in [6.07, 6.45) is 3.55. The van der Waals surface area contributed by atoms with Gasteiger partial charge in [-0.1, -0.05) is 13.3 Å². The van der Waals surface area contributed by atoms with Crippen molar-refractivity contribution in [3.05, 3.63) is 39.2 Å². The van der Waals surface area contributed by atoms with Gasteiger partial charge in [0, 0.05) is 17.1 Å². The Bertz CT molecular complexity index is 745. The van der Waals surface area contributed by atoms with E-state index in [1.807, 2.05) is 0 Å². The molecule has 1 unspecified atom stereocenters. The minimum atomic E-state index is -0.964. The first-order valence-corrected chi connectivity index (χ1v) is 7.84. The van der Waals surface area contributed by atoms with Crippen molar-refractivity contribution in [3.63, 3.8) is 0 Å². The topological polar surface area (TPSA) is 50.2 Å². The van der Waals surface area contributed by atoms with Crippen LogP contribution in [0.5, 0.6) is 0 Å². The first kappa shape index (κ1) is 14.4. The third-order valence-electron chi connectivity index (χ3n) is 4.29. The first-order valence-electron chi connectivity index (χ1n) is 7.05. The van der Waals surface area contributed by atoms with E-state index in [2.05, 4.69) is 27.8 Å². The molecule has 0 bridgehead atoms. The minimum Gasteiger partial charge on any atom is -0.478 e. The van der Waals surface area contributed by atoms with Gasteiger partial charge in [0.2, 0.25) is 0 Å². The second-order valence-electron chi connectivity index (χ2n) is 5.52. The van der Waals surface area contributed by atoms with Gasteiger partial charge < -0.3 is 5.11 Å². The van der Waals surface area contributed by atoms with E-state index < -0.39 is 11.8 Å². The average molecular weight is 352 g/mol. The van der Waals surface area contributed by atoms with Crippen molar-refractivity contribution < 1.29 is 14.3 Å². The second-order valence-corrected chi connectivity index (χ2v) is 6.37. The lowest BCUT2D eigenvalue weighted by molar-refractivity contribution is 0.0697. The molecular formula is C16H15BrFNO2. The Morgan fingerprint density at radius 2 is 2.29 bits per heavy atom. The van der Waals surface area contributed by atoms with Gasteiger partial charge >= 0.3 is 5.97 Å². The molecule has 21 heavy (non-hydrogen) atoms. The van der Waals surface area contributed by atoms with E-state index in [0.717, 1.165) is 36.9 Å². The van der Waals surface area contributed by atoms with E-state index in [0.29, 0.717) is 16.8 Å². The zero-order valence-electron chi connectivity index (χ0n) is 11.6. The molecule has 3 nitrogen and oxygen atoms in total. The standard InChI is InChI=1S/C16H15BrFNO2/c1-2-8-3-4-13-9(5-8)15(16(20)21)10-6-11(17)12(18)7-14(10)19-13/h6-8H,2-5H2,1H3,(H,20,21). The number of hydrogen-bond acceptors (Lipinski definition) is 2. The number of halogens is 2. The molecule has 0 fully saturated rings. The molecule has 1 atom stereocenters. The molecule has 5 heteroatoms. The molecule has 1 aliphatic carbocycles. The number of rotatable bonds is 2. The van der Waals surface area contributed by atoms with Crippen molar-refractivity contribution in [1.82, 2.24) is 4.98 Å². The summed E-state index contributed by atoms with van der Waals surface area (Å²) >= 11 is 3.13. The summed E-state index contributed by atoms with van der Waals surface area (Å²) in [7, 11) is 0. The number of aromatic carboxylic acids is 1.